The van der Waals surface area contributed by atoms with Crippen molar-refractivity contribution < 1.29 is 27.9 Å². The van der Waals surface area contributed by atoms with Crippen molar-refractivity contribution >= 4 is 33.3 Å². The number of carbonyl (C=O) groups excluding carboxylic acids is 1. The predicted octanol–water partition coefficient (Wildman–Crippen LogP) is 1.50. The van der Waals surface area contributed by atoms with Crippen LogP contribution in [-0.2, 0) is 19.4 Å². The molecule has 0 aliphatic rings. The van der Waals surface area contributed by atoms with E-state index in [4.69, 9.17) is 21.4 Å². The van der Waals surface area contributed by atoms with E-state index in [1.807, 2.05) is 0 Å². The van der Waals surface area contributed by atoms with E-state index in [2.05, 4.69) is 5.32 Å². The highest BCUT2D eigenvalue weighted by Gasteiger charge is 2.22. The lowest BCUT2D eigenvalue weighted by Gasteiger charge is -2.14. The Morgan fingerprint density at radius 2 is 2.00 bits per heavy atom. The molecule has 0 aliphatic heterocycles. The van der Waals surface area contributed by atoms with Crippen molar-refractivity contribution in [1.82, 2.24) is 5.32 Å². The van der Waals surface area contributed by atoms with Crippen molar-refractivity contribution in [3.8, 4) is 5.75 Å². The molecule has 7 nitrogen and oxygen atoms in total. The molecule has 0 heterocycles. The van der Waals surface area contributed by atoms with Gasteiger partial charge in [0.05, 0.1) is 23.8 Å². The van der Waals surface area contributed by atoms with E-state index in [1.54, 1.807) is 24.3 Å². The molecule has 24 heavy (non-hydrogen) atoms. The fourth-order valence-corrected chi connectivity index (χ4v) is 2.85. The smallest absolute Gasteiger partial charge is 0.326 e. The molecule has 0 bridgehead atoms. The van der Waals surface area contributed by atoms with Gasteiger partial charge in [0.15, 0.2) is 0 Å². The molecule has 2 N–H and O–H groups in total. The van der Waals surface area contributed by atoms with Crippen molar-refractivity contribution in [3.05, 3.63) is 29.3 Å². The number of hydrogen-bond acceptors (Lipinski definition) is 5. The molecule has 0 radical (unpaired) electrons. The number of nitrogens with one attached hydrogen (secondary N) is 1. The summed E-state index contributed by atoms with van der Waals surface area (Å²) in [6.07, 6.45) is -0.252. The van der Waals surface area contributed by atoms with Crippen LogP contribution in [0.15, 0.2) is 24.3 Å². The Bertz CT molecular complexity index is 676. The van der Waals surface area contributed by atoms with E-state index in [9.17, 15) is 18.0 Å². The summed E-state index contributed by atoms with van der Waals surface area (Å²) in [5, 5.41) is 11.8. The summed E-state index contributed by atoms with van der Waals surface area (Å²) in [4.78, 5) is 22.9. The zero-order valence-electron chi connectivity index (χ0n) is 13.2. The Kier molecular flexibility index (Phi) is 8.00. The van der Waals surface area contributed by atoms with E-state index in [0.29, 0.717) is 10.8 Å². The summed E-state index contributed by atoms with van der Waals surface area (Å²) in [5.41, 5.74) is 0. The fraction of sp³-hybridized carbons (Fsp3) is 0.467. The molecule has 1 rings (SSSR count). The molecule has 0 fully saturated rings. The minimum atomic E-state index is -3.30. The molecule has 1 unspecified atom stereocenters. The molecule has 0 saturated heterocycles. The molecule has 1 aromatic carbocycles. The van der Waals surface area contributed by atoms with Gasteiger partial charge in [-0.3, -0.25) is 4.79 Å². The molecule has 9 heteroatoms. The van der Waals surface area contributed by atoms with Gasteiger partial charge in [-0.05, 0) is 18.6 Å². The van der Waals surface area contributed by atoms with Gasteiger partial charge in [0, 0.05) is 5.75 Å². The van der Waals surface area contributed by atoms with E-state index < -0.39 is 27.8 Å². The maximum atomic E-state index is 11.8. The maximum Gasteiger partial charge on any atom is 0.326 e. The van der Waals surface area contributed by atoms with Crippen LogP contribution < -0.4 is 10.1 Å². The number of carboxylic acids is 1. The summed E-state index contributed by atoms with van der Waals surface area (Å²) in [5.74, 6) is -1.75. The fourth-order valence-electron chi connectivity index (χ4n) is 1.78. The van der Waals surface area contributed by atoms with Crippen molar-refractivity contribution in [2.45, 2.75) is 25.8 Å². The molecular formula is C15H20ClNO6S. The lowest BCUT2D eigenvalue weighted by molar-refractivity contribution is -0.141. The highest BCUT2D eigenvalue weighted by atomic mass is 35.5. The zero-order chi connectivity index (χ0) is 18.2. The third-order valence-electron chi connectivity index (χ3n) is 3.21. The van der Waals surface area contributed by atoms with Gasteiger partial charge < -0.3 is 15.2 Å². The van der Waals surface area contributed by atoms with Gasteiger partial charge >= 0.3 is 5.97 Å². The second-order valence-corrected chi connectivity index (χ2v) is 7.89. The maximum absolute atomic E-state index is 11.8. The van der Waals surface area contributed by atoms with Crippen LogP contribution >= 0.6 is 11.6 Å². The Labute approximate surface area is 145 Å². The number of aliphatic carboxylic acids is 1. The Balaban J connectivity index is 2.45. The van der Waals surface area contributed by atoms with Gasteiger partial charge in [0.1, 0.15) is 21.6 Å². The number of hydrogen-bond donors (Lipinski definition) is 2. The number of benzene rings is 1. The van der Waals surface area contributed by atoms with Crippen molar-refractivity contribution in [1.29, 1.82) is 0 Å². The number of ether oxygens (including phenoxy) is 1. The van der Waals surface area contributed by atoms with Crippen molar-refractivity contribution in [3.63, 3.8) is 0 Å². The molecule has 1 aromatic rings. The van der Waals surface area contributed by atoms with Crippen molar-refractivity contribution in [2.24, 2.45) is 0 Å². The normalized spacial score (nSPS) is 12.4. The number of rotatable bonds is 10. The lowest BCUT2D eigenvalue weighted by Crippen LogP contribution is -2.42. The predicted molar refractivity (Wildman–Crippen MR) is 90.1 cm³/mol. The zero-order valence-corrected chi connectivity index (χ0v) is 14.8. The first-order chi connectivity index (χ1) is 11.2. The van der Waals surface area contributed by atoms with Crippen LogP contribution in [-0.4, -0.2) is 49.6 Å². The molecule has 0 aromatic heterocycles. The Morgan fingerprint density at radius 1 is 1.33 bits per heavy atom. The number of carbonyl (C=O) groups is 2. The monoisotopic (exact) mass is 377 g/mol. The molecule has 0 saturated carbocycles. The number of sulfone groups is 1. The first kappa shape index (κ1) is 20.2. The second kappa shape index (κ2) is 9.48. The average Bonchev–Trinajstić information content (AvgIpc) is 2.53. The van der Waals surface area contributed by atoms with Gasteiger partial charge in [0.25, 0.3) is 0 Å². The van der Waals surface area contributed by atoms with Crippen LogP contribution in [0.3, 0.4) is 0 Å². The highest BCUT2D eigenvalue weighted by molar-refractivity contribution is 7.91. The summed E-state index contributed by atoms with van der Waals surface area (Å²) in [7, 11) is -3.30. The van der Waals surface area contributed by atoms with E-state index in [1.165, 1.54) is 6.92 Å². The second-order valence-electron chi connectivity index (χ2n) is 5.01. The lowest BCUT2D eigenvalue weighted by atomic mass is 10.2. The summed E-state index contributed by atoms with van der Waals surface area (Å²) < 4.78 is 28.2. The summed E-state index contributed by atoms with van der Waals surface area (Å²) in [6, 6.07) is 5.51. The van der Waals surface area contributed by atoms with Crippen LogP contribution in [0.1, 0.15) is 19.8 Å². The first-order valence-corrected chi connectivity index (χ1v) is 9.55. The van der Waals surface area contributed by atoms with Gasteiger partial charge in [-0.2, -0.15) is 0 Å². The number of amides is 1. The van der Waals surface area contributed by atoms with Crippen molar-refractivity contribution in [2.75, 3.05) is 18.1 Å². The number of carboxylic acid groups (broad SMARTS) is 1. The topological polar surface area (TPSA) is 110 Å². The quantitative estimate of drug-likeness (QED) is 0.639. The molecule has 0 aliphatic carbocycles. The number of para-hydroxylation sites is 1. The SMILES string of the molecule is CCS(=O)(=O)CCC(NC(=O)CCOc1ccccc1Cl)C(=O)O. The van der Waals surface area contributed by atoms with E-state index >= 15 is 0 Å². The minimum absolute atomic E-state index is 0.0230. The van der Waals surface area contributed by atoms with Gasteiger partial charge in [-0.1, -0.05) is 30.7 Å². The highest BCUT2D eigenvalue weighted by Crippen LogP contribution is 2.23. The molecule has 0 spiro atoms. The first-order valence-electron chi connectivity index (χ1n) is 7.35. The van der Waals surface area contributed by atoms with Crippen LogP contribution in [0, 0.1) is 0 Å². The minimum Gasteiger partial charge on any atom is -0.491 e. The van der Waals surface area contributed by atoms with Crippen LogP contribution in [0.25, 0.3) is 0 Å². The Hall–Kier alpha value is -1.80. The van der Waals surface area contributed by atoms with Crippen LogP contribution in [0.4, 0.5) is 0 Å². The van der Waals surface area contributed by atoms with Gasteiger partial charge in [0.2, 0.25) is 5.91 Å². The largest absolute Gasteiger partial charge is 0.491 e. The summed E-state index contributed by atoms with van der Waals surface area (Å²) >= 11 is 5.90. The summed E-state index contributed by atoms with van der Waals surface area (Å²) in [6.45, 7) is 1.50. The van der Waals surface area contributed by atoms with Gasteiger partial charge in [-0.25, -0.2) is 13.2 Å². The molecular weight excluding hydrogens is 358 g/mol. The molecule has 1 atom stereocenters. The molecule has 134 valence electrons. The number of halogens is 1. The van der Waals surface area contributed by atoms with Gasteiger partial charge in [-0.15, -0.1) is 0 Å². The van der Waals surface area contributed by atoms with E-state index in [-0.39, 0.29) is 31.0 Å². The van der Waals surface area contributed by atoms with Crippen LogP contribution in [0.2, 0.25) is 5.02 Å². The average molecular weight is 378 g/mol. The Morgan fingerprint density at radius 3 is 2.58 bits per heavy atom. The van der Waals surface area contributed by atoms with Crippen LogP contribution in [0.5, 0.6) is 5.75 Å². The standard InChI is InChI=1S/C15H20ClNO6S/c1-2-24(21,22)10-8-12(15(19)20)17-14(18)7-9-23-13-6-4-3-5-11(13)16/h3-6,12H,2,7-10H2,1H3,(H,17,18)(H,19,20). The third kappa shape index (κ3) is 7.18. The third-order valence-corrected chi connectivity index (χ3v) is 5.26. The van der Waals surface area contributed by atoms with E-state index in [0.717, 1.165) is 0 Å². The molecule has 1 amide bonds.